The number of piperazine rings is 1. The fraction of sp³-hybridized carbons (Fsp3) is 0.692. The maximum atomic E-state index is 12.4. The van der Waals surface area contributed by atoms with Crippen LogP contribution in [0.2, 0.25) is 0 Å². The highest BCUT2D eigenvalue weighted by Crippen LogP contribution is 2.06. The number of halogens is 2. The van der Waals surface area contributed by atoms with Crippen molar-refractivity contribution in [3.05, 3.63) is 12.2 Å². The quantitative estimate of drug-likeness (QED) is 0.688. The van der Waals surface area contributed by atoms with E-state index in [0.29, 0.717) is 18.9 Å². The Balaban J connectivity index is 1.88. The summed E-state index contributed by atoms with van der Waals surface area (Å²) < 4.78 is 26.0. The summed E-state index contributed by atoms with van der Waals surface area (Å²) in [5.74, 6) is 0.0768. The van der Waals surface area contributed by atoms with Crippen molar-refractivity contribution in [1.82, 2.24) is 29.5 Å². The first-order valence-electron chi connectivity index (χ1n) is 7.22. The molecule has 1 aliphatic heterocycles. The lowest BCUT2D eigenvalue weighted by Crippen LogP contribution is -2.51. The Bertz CT molecular complexity index is 564. The molecule has 8 nitrogen and oxygen atoms in total. The third-order valence-electron chi connectivity index (χ3n) is 3.71. The molecule has 2 heterocycles. The normalized spacial score (nSPS) is 16.2. The van der Waals surface area contributed by atoms with Gasteiger partial charge in [-0.1, -0.05) is 0 Å². The van der Waals surface area contributed by atoms with E-state index in [1.54, 1.807) is 23.9 Å². The highest BCUT2D eigenvalue weighted by Gasteiger charge is 2.24. The molecule has 0 unspecified atom stereocenters. The molecule has 0 bridgehead atoms. The molecule has 1 aliphatic rings. The van der Waals surface area contributed by atoms with E-state index in [2.05, 4.69) is 10.1 Å². The van der Waals surface area contributed by atoms with Gasteiger partial charge in [0.2, 0.25) is 11.8 Å². The van der Waals surface area contributed by atoms with Crippen LogP contribution >= 0.6 is 0 Å². The van der Waals surface area contributed by atoms with E-state index in [0.717, 1.165) is 4.68 Å². The number of aromatic nitrogens is 3. The molecule has 0 saturated carbocycles. The Labute approximate surface area is 132 Å². The van der Waals surface area contributed by atoms with Crippen LogP contribution < -0.4 is 0 Å². The molecule has 23 heavy (non-hydrogen) atoms. The zero-order valence-electron chi connectivity index (χ0n) is 13.2. The van der Waals surface area contributed by atoms with Crippen molar-refractivity contribution in [3.63, 3.8) is 0 Å². The monoisotopic (exact) mass is 330 g/mol. The lowest BCUT2D eigenvalue weighted by Gasteiger charge is -2.32. The molecule has 1 aromatic rings. The Morgan fingerprint density at radius 2 is 2.17 bits per heavy atom. The highest BCUT2D eigenvalue weighted by atomic mass is 19.3. The highest BCUT2D eigenvalue weighted by molar-refractivity contribution is 5.81. The molecule has 1 fully saturated rings. The zero-order valence-corrected chi connectivity index (χ0v) is 13.2. The van der Waals surface area contributed by atoms with Crippen LogP contribution in [0.25, 0.3) is 0 Å². The molecule has 0 radical (unpaired) electrons. The van der Waals surface area contributed by atoms with Crippen LogP contribution in [0.1, 0.15) is 5.82 Å². The minimum atomic E-state index is -2.53. The molecule has 1 saturated heterocycles. The molecular formula is C13H20F2N6O2. The van der Waals surface area contributed by atoms with Crippen LogP contribution in [0, 0.1) is 0 Å². The van der Waals surface area contributed by atoms with Crippen LogP contribution in [0.15, 0.2) is 6.33 Å². The SMILES string of the molecule is CN1CCN(CC(=O)N(C)Cc2ncnn2CC(F)F)CC1=O. The maximum Gasteiger partial charge on any atom is 0.257 e. The van der Waals surface area contributed by atoms with Gasteiger partial charge in [0.15, 0.2) is 0 Å². The van der Waals surface area contributed by atoms with Gasteiger partial charge in [-0.3, -0.25) is 14.5 Å². The van der Waals surface area contributed by atoms with Crippen LogP contribution in [0.3, 0.4) is 0 Å². The van der Waals surface area contributed by atoms with Gasteiger partial charge in [-0.15, -0.1) is 0 Å². The minimum Gasteiger partial charge on any atom is -0.343 e. The number of amides is 2. The van der Waals surface area contributed by atoms with E-state index in [9.17, 15) is 18.4 Å². The van der Waals surface area contributed by atoms with Gasteiger partial charge in [0.25, 0.3) is 6.43 Å². The molecule has 128 valence electrons. The van der Waals surface area contributed by atoms with Crippen molar-refractivity contribution in [1.29, 1.82) is 0 Å². The van der Waals surface area contributed by atoms with Gasteiger partial charge in [-0.05, 0) is 0 Å². The molecule has 1 aromatic heterocycles. The van der Waals surface area contributed by atoms with E-state index >= 15 is 0 Å². The number of alkyl halides is 2. The molecule has 2 rings (SSSR count). The molecule has 2 amide bonds. The van der Waals surface area contributed by atoms with Gasteiger partial charge >= 0.3 is 0 Å². The third-order valence-corrected chi connectivity index (χ3v) is 3.71. The smallest absolute Gasteiger partial charge is 0.257 e. The van der Waals surface area contributed by atoms with E-state index in [1.807, 2.05) is 0 Å². The van der Waals surface area contributed by atoms with Gasteiger partial charge in [-0.2, -0.15) is 5.10 Å². The number of carbonyl (C=O) groups excluding carboxylic acids is 2. The predicted molar refractivity (Wildman–Crippen MR) is 76.6 cm³/mol. The summed E-state index contributed by atoms with van der Waals surface area (Å²) in [5.41, 5.74) is 0. The van der Waals surface area contributed by atoms with Crippen LogP contribution in [-0.2, 0) is 22.7 Å². The summed E-state index contributed by atoms with van der Waals surface area (Å²) in [7, 11) is 3.30. The first-order valence-corrected chi connectivity index (χ1v) is 7.22. The van der Waals surface area contributed by atoms with Crippen molar-refractivity contribution < 1.29 is 18.4 Å². The first kappa shape index (κ1) is 17.3. The number of hydrogen-bond acceptors (Lipinski definition) is 5. The van der Waals surface area contributed by atoms with Crippen molar-refractivity contribution in [2.24, 2.45) is 0 Å². The standard InChI is InChI=1S/C13H20F2N6O2/c1-18-3-4-20(7-12(18)22)8-13(23)19(2)6-11-16-9-17-21(11)5-10(14)15/h9-10H,3-8H2,1-2H3. The fourth-order valence-electron chi connectivity index (χ4n) is 2.25. The van der Waals surface area contributed by atoms with Crippen molar-refractivity contribution in [2.75, 3.05) is 40.3 Å². The second-order valence-electron chi connectivity index (χ2n) is 5.53. The van der Waals surface area contributed by atoms with Crippen LogP contribution in [0.5, 0.6) is 0 Å². The van der Waals surface area contributed by atoms with Crippen LogP contribution in [0.4, 0.5) is 8.78 Å². The average molecular weight is 330 g/mol. The maximum absolute atomic E-state index is 12.4. The van der Waals surface area contributed by atoms with Gasteiger partial charge in [-0.25, -0.2) is 18.4 Å². The van der Waals surface area contributed by atoms with Gasteiger partial charge in [0.1, 0.15) is 18.7 Å². The van der Waals surface area contributed by atoms with Crippen molar-refractivity contribution in [2.45, 2.75) is 19.5 Å². The lowest BCUT2D eigenvalue weighted by molar-refractivity contribution is -0.137. The largest absolute Gasteiger partial charge is 0.343 e. The van der Waals surface area contributed by atoms with Gasteiger partial charge in [0, 0.05) is 27.2 Å². The topological polar surface area (TPSA) is 74.6 Å². The first-order chi connectivity index (χ1) is 10.9. The average Bonchev–Trinajstić information content (AvgIpc) is 2.89. The molecule has 0 spiro atoms. The molecule has 0 aliphatic carbocycles. The van der Waals surface area contributed by atoms with E-state index in [1.165, 1.54) is 11.2 Å². The molecular weight excluding hydrogens is 310 g/mol. The Hall–Kier alpha value is -2.10. The molecule has 0 aromatic carbocycles. The van der Waals surface area contributed by atoms with Crippen molar-refractivity contribution >= 4 is 11.8 Å². The number of carbonyl (C=O) groups is 2. The predicted octanol–water partition coefficient (Wildman–Crippen LogP) is -0.724. The van der Waals surface area contributed by atoms with Gasteiger partial charge < -0.3 is 9.80 Å². The molecule has 0 atom stereocenters. The Morgan fingerprint density at radius 3 is 2.83 bits per heavy atom. The van der Waals surface area contributed by atoms with Gasteiger partial charge in [0.05, 0.1) is 19.6 Å². The summed E-state index contributed by atoms with van der Waals surface area (Å²) in [5, 5.41) is 3.73. The Kier molecular flexibility index (Phi) is 5.59. The molecule has 0 N–H and O–H groups in total. The van der Waals surface area contributed by atoms with E-state index < -0.39 is 13.0 Å². The summed E-state index contributed by atoms with van der Waals surface area (Å²) in [4.78, 5) is 32.5. The number of hydrogen-bond donors (Lipinski definition) is 0. The van der Waals surface area contributed by atoms with Crippen molar-refractivity contribution in [3.8, 4) is 0 Å². The number of rotatable bonds is 6. The molecule has 10 heteroatoms. The summed E-state index contributed by atoms with van der Waals surface area (Å²) in [6, 6.07) is 0. The lowest BCUT2D eigenvalue weighted by atomic mass is 10.3. The summed E-state index contributed by atoms with van der Waals surface area (Å²) >= 11 is 0. The van der Waals surface area contributed by atoms with E-state index in [4.69, 9.17) is 0 Å². The second kappa shape index (κ2) is 7.44. The fourth-order valence-corrected chi connectivity index (χ4v) is 2.25. The minimum absolute atomic E-state index is 0.0246. The number of likely N-dealkylation sites (N-methyl/N-ethyl adjacent to an activating group) is 2. The van der Waals surface area contributed by atoms with E-state index in [-0.39, 0.29) is 31.4 Å². The zero-order chi connectivity index (χ0) is 17.0. The van der Waals surface area contributed by atoms with Crippen LogP contribution in [-0.4, -0.2) is 88.0 Å². The summed E-state index contributed by atoms with van der Waals surface area (Å²) in [6.07, 6.45) is -1.34. The summed E-state index contributed by atoms with van der Waals surface area (Å²) in [6.45, 7) is 1.07. The third kappa shape index (κ3) is 4.68. The second-order valence-corrected chi connectivity index (χ2v) is 5.53. The number of nitrogens with zero attached hydrogens (tertiary/aromatic N) is 6. The Morgan fingerprint density at radius 1 is 1.43 bits per heavy atom.